The molecule has 0 fully saturated rings. The third kappa shape index (κ3) is 4.69. The first-order valence-electron chi connectivity index (χ1n) is 8.82. The van der Waals surface area contributed by atoms with Gasteiger partial charge >= 0.3 is 0 Å². The van der Waals surface area contributed by atoms with Gasteiger partial charge < -0.3 is 16.0 Å². The van der Waals surface area contributed by atoms with Crippen LogP contribution in [-0.4, -0.2) is 27.5 Å². The van der Waals surface area contributed by atoms with Gasteiger partial charge in [-0.25, -0.2) is 15.0 Å². The van der Waals surface area contributed by atoms with Crippen molar-refractivity contribution in [2.45, 2.75) is 26.8 Å². The summed E-state index contributed by atoms with van der Waals surface area (Å²) >= 11 is 0. The van der Waals surface area contributed by atoms with Crippen molar-refractivity contribution < 1.29 is 0 Å². The van der Waals surface area contributed by atoms with E-state index in [1.807, 2.05) is 55.5 Å². The first kappa shape index (κ1) is 17.7. The highest BCUT2D eigenvalue weighted by Gasteiger charge is 2.08. The Labute approximate surface area is 154 Å². The topological polar surface area (TPSA) is 74.8 Å². The lowest BCUT2D eigenvalue weighted by Crippen LogP contribution is -2.12. The van der Waals surface area contributed by atoms with Crippen LogP contribution in [-0.2, 0) is 0 Å². The van der Waals surface area contributed by atoms with Gasteiger partial charge in [-0.1, -0.05) is 30.3 Å². The first-order chi connectivity index (χ1) is 12.6. The lowest BCUT2D eigenvalue weighted by Gasteiger charge is -2.14. The number of aromatic nitrogens is 3. The molecule has 134 valence electrons. The van der Waals surface area contributed by atoms with Crippen LogP contribution in [0.1, 0.15) is 20.8 Å². The summed E-state index contributed by atoms with van der Waals surface area (Å²) in [6, 6.07) is 16.0. The Balaban J connectivity index is 1.94. The minimum absolute atomic E-state index is 0.280. The van der Waals surface area contributed by atoms with E-state index >= 15 is 0 Å². The van der Waals surface area contributed by atoms with E-state index in [-0.39, 0.29) is 6.04 Å². The molecule has 26 heavy (non-hydrogen) atoms. The second kappa shape index (κ2) is 8.29. The largest absolute Gasteiger partial charge is 0.370 e. The maximum Gasteiger partial charge on any atom is 0.163 e. The Hall–Kier alpha value is -3.15. The summed E-state index contributed by atoms with van der Waals surface area (Å²) in [5, 5.41) is 9.92. The smallest absolute Gasteiger partial charge is 0.163 e. The Kier molecular flexibility index (Phi) is 5.63. The van der Waals surface area contributed by atoms with Crippen LogP contribution >= 0.6 is 0 Å². The lowest BCUT2D eigenvalue weighted by molar-refractivity contribution is 0.887. The number of nitrogens with one attached hydrogen (secondary N) is 3. The SMILES string of the molecule is CCNc1cc(Nc2cc(NC(C)C)nc(-c3ccccc3)n2)ccn1. The van der Waals surface area contributed by atoms with Crippen molar-refractivity contribution in [2.75, 3.05) is 22.5 Å². The summed E-state index contributed by atoms with van der Waals surface area (Å²) in [7, 11) is 0. The molecular formula is C20H24N6. The molecule has 0 radical (unpaired) electrons. The standard InChI is InChI=1S/C20H24N6/c1-4-21-17-12-16(10-11-22-17)24-19-13-18(23-14(2)3)25-20(26-19)15-8-6-5-7-9-15/h5-14H,4H2,1-3H3,(H3,21,22,23,24,25,26). The van der Waals surface area contributed by atoms with Gasteiger partial charge in [0.1, 0.15) is 17.5 Å². The van der Waals surface area contributed by atoms with Crippen molar-refractivity contribution in [3.8, 4) is 11.4 Å². The highest BCUT2D eigenvalue weighted by molar-refractivity contribution is 5.66. The first-order valence-corrected chi connectivity index (χ1v) is 8.82. The number of hydrogen-bond donors (Lipinski definition) is 3. The molecule has 3 rings (SSSR count). The van der Waals surface area contributed by atoms with E-state index in [2.05, 4.69) is 44.7 Å². The molecule has 2 aromatic heterocycles. The maximum atomic E-state index is 4.68. The van der Waals surface area contributed by atoms with E-state index in [0.29, 0.717) is 5.82 Å². The number of nitrogens with zero attached hydrogens (tertiary/aromatic N) is 3. The molecular weight excluding hydrogens is 324 g/mol. The molecule has 0 spiro atoms. The predicted molar refractivity (Wildman–Crippen MR) is 108 cm³/mol. The summed E-state index contributed by atoms with van der Waals surface area (Å²) in [5.41, 5.74) is 1.90. The Morgan fingerprint density at radius 3 is 2.42 bits per heavy atom. The van der Waals surface area contributed by atoms with Crippen molar-refractivity contribution in [2.24, 2.45) is 0 Å². The maximum absolute atomic E-state index is 4.68. The van der Waals surface area contributed by atoms with Gasteiger partial charge in [-0.05, 0) is 26.8 Å². The summed E-state index contributed by atoms with van der Waals surface area (Å²) in [4.78, 5) is 13.6. The molecule has 6 nitrogen and oxygen atoms in total. The number of rotatable bonds is 7. The third-order valence-corrected chi connectivity index (χ3v) is 3.58. The second-order valence-corrected chi connectivity index (χ2v) is 6.21. The Bertz CT molecular complexity index is 848. The van der Waals surface area contributed by atoms with Crippen LogP contribution in [0.15, 0.2) is 54.7 Å². The average Bonchev–Trinajstić information content (AvgIpc) is 2.62. The highest BCUT2D eigenvalue weighted by Crippen LogP contribution is 2.23. The zero-order valence-corrected chi connectivity index (χ0v) is 15.3. The fraction of sp³-hybridized carbons (Fsp3) is 0.250. The molecule has 0 aliphatic carbocycles. The summed E-state index contributed by atoms with van der Waals surface area (Å²) in [6.45, 7) is 7.04. The molecule has 0 unspecified atom stereocenters. The molecule has 2 heterocycles. The zero-order chi connectivity index (χ0) is 18.4. The molecule has 6 heteroatoms. The van der Waals surface area contributed by atoms with Crippen molar-refractivity contribution in [1.82, 2.24) is 15.0 Å². The molecule has 0 atom stereocenters. The van der Waals surface area contributed by atoms with Crippen molar-refractivity contribution in [3.63, 3.8) is 0 Å². The predicted octanol–water partition coefficient (Wildman–Crippen LogP) is 4.53. The molecule has 3 aromatic rings. The number of pyridine rings is 1. The van der Waals surface area contributed by atoms with Gasteiger partial charge in [0, 0.05) is 42.2 Å². The van der Waals surface area contributed by atoms with Crippen molar-refractivity contribution >= 4 is 23.1 Å². The summed E-state index contributed by atoms with van der Waals surface area (Å²) < 4.78 is 0. The van der Waals surface area contributed by atoms with Gasteiger partial charge in [0.25, 0.3) is 0 Å². The molecule has 0 amide bonds. The van der Waals surface area contributed by atoms with Gasteiger partial charge in [-0.3, -0.25) is 0 Å². The highest BCUT2D eigenvalue weighted by atomic mass is 15.1. The van der Waals surface area contributed by atoms with Crippen LogP contribution in [0, 0.1) is 0 Å². The molecule has 1 aromatic carbocycles. The lowest BCUT2D eigenvalue weighted by atomic mass is 10.2. The van der Waals surface area contributed by atoms with E-state index < -0.39 is 0 Å². The number of hydrogen-bond acceptors (Lipinski definition) is 6. The summed E-state index contributed by atoms with van der Waals surface area (Å²) in [6.07, 6.45) is 1.77. The van der Waals surface area contributed by atoms with E-state index in [1.54, 1.807) is 6.20 Å². The van der Waals surface area contributed by atoms with Crippen LogP contribution in [0.2, 0.25) is 0 Å². The van der Waals surface area contributed by atoms with E-state index in [4.69, 9.17) is 0 Å². The quantitative estimate of drug-likeness (QED) is 0.582. The molecule has 0 aliphatic heterocycles. The third-order valence-electron chi connectivity index (χ3n) is 3.58. The van der Waals surface area contributed by atoms with Crippen LogP contribution in [0.4, 0.5) is 23.1 Å². The fourth-order valence-corrected chi connectivity index (χ4v) is 2.53. The van der Waals surface area contributed by atoms with Gasteiger partial charge in [0.2, 0.25) is 0 Å². The molecule has 0 saturated heterocycles. The van der Waals surface area contributed by atoms with Crippen molar-refractivity contribution in [3.05, 3.63) is 54.7 Å². The Morgan fingerprint density at radius 1 is 0.923 bits per heavy atom. The molecule has 0 aliphatic rings. The minimum Gasteiger partial charge on any atom is -0.370 e. The number of benzene rings is 1. The Morgan fingerprint density at radius 2 is 1.69 bits per heavy atom. The van der Waals surface area contributed by atoms with Crippen LogP contribution in [0.5, 0.6) is 0 Å². The van der Waals surface area contributed by atoms with Gasteiger partial charge in [0.05, 0.1) is 0 Å². The normalized spacial score (nSPS) is 10.6. The zero-order valence-electron chi connectivity index (χ0n) is 15.3. The van der Waals surface area contributed by atoms with Crippen molar-refractivity contribution in [1.29, 1.82) is 0 Å². The van der Waals surface area contributed by atoms with E-state index in [0.717, 1.165) is 35.2 Å². The van der Waals surface area contributed by atoms with Gasteiger partial charge in [0.15, 0.2) is 5.82 Å². The van der Waals surface area contributed by atoms with Crippen LogP contribution < -0.4 is 16.0 Å². The minimum atomic E-state index is 0.280. The average molecular weight is 348 g/mol. The second-order valence-electron chi connectivity index (χ2n) is 6.21. The fourth-order valence-electron chi connectivity index (χ4n) is 2.53. The van der Waals surface area contributed by atoms with E-state index in [9.17, 15) is 0 Å². The molecule has 3 N–H and O–H groups in total. The van der Waals surface area contributed by atoms with Crippen LogP contribution in [0.25, 0.3) is 11.4 Å². The molecule has 0 saturated carbocycles. The monoisotopic (exact) mass is 348 g/mol. The van der Waals surface area contributed by atoms with Gasteiger partial charge in [-0.2, -0.15) is 0 Å². The summed E-state index contributed by atoms with van der Waals surface area (Å²) in [5.74, 6) is 3.03. The van der Waals surface area contributed by atoms with Crippen LogP contribution in [0.3, 0.4) is 0 Å². The van der Waals surface area contributed by atoms with E-state index in [1.165, 1.54) is 0 Å². The molecule has 0 bridgehead atoms. The van der Waals surface area contributed by atoms with Gasteiger partial charge in [-0.15, -0.1) is 0 Å². The number of anilines is 4.